The van der Waals surface area contributed by atoms with Crippen LogP contribution in [0.2, 0.25) is 0 Å². The van der Waals surface area contributed by atoms with Gasteiger partial charge in [-0.05, 0) is 49.2 Å². The van der Waals surface area contributed by atoms with Gasteiger partial charge in [0, 0.05) is 11.4 Å². The Morgan fingerprint density at radius 2 is 1.88 bits per heavy atom. The largest absolute Gasteiger partial charge is 0.355 e. The maximum absolute atomic E-state index is 8.85. The fourth-order valence-electron chi connectivity index (χ4n) is 1.69. The van der Waals surface area contributed by atoms with Crippen LogP contribution in [0, 0.1) is 25.2 Å². The molecule has 0 atom stereocenters. The molecule has 2 heteroatoms. The molecule has 0 heterocycles. The second-order valence-corrected chi connectivity index (χ2v) is 4.14. The zero-order chi connectivity index (χ0) is 12.3. The van der Waals surface area contributed by atoms with Crippen molar-refractivity contribution in [3.63, 3.8) is 0 Å². The van der Waals surface area contributed by atoms with Crippen molar-refractivity contribution in [2.24, 2.45) is 0 Å². The summed E-state index contributed by atoms with van der Waals surface area (Å²) in [4.78, 5) is 0. The molecule has 0 saturated heterocycles. The van der Waals surface area contributed by atoms with Gasteiger partial charge in [-0.2, -0.15) is 5.26 Å². The Balaban J connectivity index is 2.31. The number of hydrogen-bond acceptors (Lipinski definition) is 2. The van der Waals surface area contributed by atoms with Crippen molar-refractivity contribution in [1.29, 1.82) is 5.26 Å². The second kappa shape index (κ2) is 4.71. The van der Waals surface area contributed by atoms with Gasteiger partial charge >= 0.3 is 0 Å². The molecule has 17 heavy (non-hydrogen) atoms. The lowest BCUT2D eigenvalue weighted by atomic mass is 10.1. The van der Waals surface area contributed by atoms with Crippen LogP contribution >= 0.6 is 0 Å². The van der Waals surface area contributed by atoms with Crippen molar-refractivity contribution < 1.29 is 0 Å². The van der Waals surface area contributed by atoms with E-state index in [2.05, 4.69) is 43.4 Å². The van der Waals surface area contributed by atoms with Crippen LogP contribution < -0.4 is 5.32 Å². The van der Waals surface area contributed by atoms with Gasteiger partial charge in [0.1, 0.15) is 0 Å². The maximum atomic E-state index is 8.85. The summed E-state index contributed by atoms with van der Waals surface area (Å²) in [6.07, 6.45) is 0. The number of hydrogen-bond donors (Lipinski definition) is 1. The van der Waals surface area contributed by atoms with Crippen LogP contribution in [0.25, 0.3) is 0 Å². The van der Waals surface area contributed by atoms with Crippen LogP contribution in [0.1, 0.15) is 16.7 Å². The van der Waals surface area contributed by atoms with E-state index in [1.54, 1.807) is 6.07 Å². The van der Waals surface area contributed by atoms with Crippen LogP contribution in [0.5, 0.6) is 0 Å². The van der Waals surface area contributed by atoms with Crippen LogP contribution in [0.4, 0.5) is 11.4 Å². The van der Waals surface area contributed by atoms with E-state index in [-0.39, 0.29) is 0 Å². The van der Waals surface area contributed by atoms with Crippen molar-refractivity contribution in [2.75, 3.05) is 5.32 Å². The average molecular weight is 222 g/mol. The molecule has 2 aromatic rings. The van der Waals surface area contributed by atoms with E-state index in [1.807, 2.05) is 18.2 Å². The summed E-state index contributed by atoms with van der Waals surface area (Å²) in [6.45, 7) is 4.13. The lowest BCUT2D eigenvalue weighted by molar-refractivity contribution is 1.37. The molecule has 84 valence electrons. The number of anilines is 2. The lowest BCUT2D eigenvalue weighted by Gasteiger charge is -2.10. The smallest absolute Gasteiger partial charge is 0.0992 e. The first-order valence-electron chi connectivity index (χ1n) is 5.53. The van der Waals surface area contributed by atoms with E-state index in [4.69, 9.17) is 5.26 Å². The molecule has 0 aliphatic heterocycles. The molecule has 1 N–H and O–H groups in total. The molecular weight excluding hydrogens is 208 g/mol. The molecule has 0 amide bonds. The Kier molecular flexibility index (Phi) is 3.11. The Bertz CT molecular complexity index is 580. The highest BCUT2D eigenvalue weighted by molar-refractivity contribution is 5.64. The van der Waals surface area contributed by atoms with Crippen LogP contribution in [-0.4, -0.2) is 0 Å². The fraction of sp³-hybridized carbons (Fsp3) is 0.133. The van der Waals surface area contributed by atoms with Crippen LogP contribution in [0.3, 0.4) is 0 Å². The first-order valence-corrected chi connectivity index (χ1v) is 5.53. The van der Waals surface area contributed by atoms with Gasteiger partial charge in [-0.3, -0.25) is 0 Å². The molecular formula is C15H14N2. The van der Waals surface area contributed by atoms with E-state index in [9.17, 15) is 0 Å². The monoisotopic (exact) mass is 222 g/mol. The van der Waals surface area contributed by atoms with E-state index >= 15 is 0 Å². The summed E-state index contributed by atoms with van der Waals surface area (Å²) in [7, 11) is 0. The summed E-state index contributed by atoms with van der Waals surface area (Å²) >= 11 is 0. The summed E-state index contributed by atoms with van der Waals surface area (Å²) in [5, 5.41) is 12.2. The number of nitriles is 1. The average Bonchev–Trinajstić information content (AvgIpc) is 2.34. The van der Waals surface area contributed by atoms with Crippen molar-refractivity contribution in [2.45, 2.75) is 13.8 Å². The topological polar surface area (TPSA) is 35.8 Å². The third-order valence-corrected chi connectivity index (χ3v) is 2.66. The lowest BCUT2D eigenvalue weighted by Crippen LogP contribution is -1.94. The summed E-state index contributed by atoms with van der Waals surface area (Å²) in [5.74, 6) is 0. The zero-order valence-corrected chi connectivity index (χ0v) is 9.99. The molecule has 2 nitrogen and oxygen atoms in total. The molecule has 2 rings (SSSR count). The normalized spacial score (nSPS) is 9.71. The Morgan fingerprint density at radius 1 is 1.06 bits per heavy atom. The summed E-state index contributed by atoms with van der Waals surface area (Å²) in [5.41, 5.74) is 5.10. The standard InChI is InChI=1S/C15H14N2/c1-11-6-7-12(2)15(8-11)17-14-5-3-4-13(9-14)10-16/h3-9,17H,1-2H3. The first kappa shape index (κ1) is 11.2. The third-order valence-electron chi connectivity index (χ3n) is 2.66. The van der Waals surface area contributed by atoms with Crippen molar-refractivity contribution in [3.8, 4) is 6.07 Å². The minimum absolute atomic E-state index is 0.667. The molecule has 2 aromatic carbocycles. The number of rotatable bonds is 2. The van der Waals surface area contributed by atoms with Crippen molar-refractivity contribution >= 4 is 11.4 Å². The van der Waals surface area contributed by atoms with Gasteiger partial charge in [0.25, 0.3) is 0 Å². The van der Waals surface area contributed by atoms with Crippen LogP contribution in [0.15, 0.2) is 42.5 Å². The highest BCUT2D eigenvalue weighted by Gasteiger charge is 2.00. The molecule has 0 aromatic heterocycles. The van der Waals surface area contributed by atoms with E-state index in [0.717, 1.165) is 11.4 Å². The third kappa shape index (κ3) is 2.64. The van der Waals surface area contributed by atoms with Crippen molar-refractivity contribution in [1.82, 2.24) is 0 Å². The van der Waals surface area contributed by atoms with Gasteiger partial charge in [-0.1, -0.05) is 18.2 Å². The Hall–Kier alpha value is -2.27. The molecule has 0 unspecified atom stereocenters. The second-order valence-electron chi connectivity index (χ2n) is 4.14. The van der Waals surface area contributed by atoms with Gasteiger partial charge in [0.15, 0.2) is 0 Å². The predicted molar refractivity (Wildman–Crippen MR) is 70.4 cm³/mol. The highest BCUT2D eigenvalue weighted by atomic mass is 14.9. The van der Waals surface area contributed by atoms with Gasteiger partial charge < -0.3 is 5.32 Å². The minimum Gasteiger partial charge on any atom is -0.355 e. The van der Waals surface area contributed by atoms with Gasteiger partial charge in [-0.25, -0.2) is 0 Å². The maximum Gasteiger partial charge on any atom is 0.0992 e. The molecule has 0 radical (unpaired) electrons. The molecule has 0 spiro atoms. The molecule has 0 aliphatic carbocycles. The summed E-state index contributed by atoms with van der Waals surface area (Å²) < 4.78 is 0. The molecule has 0 saturated carbocycles. The number of aryl methyl sites for hydroxylation is 2. The first-order chi connectivity index (χ1) is 8.19. The fourth-order valence-corrected chi connectivity index (χ4v) is 1.69. The highest BCUT2D eigenvalue weighted by Crippen LogP contribution is 2.22. The number of benzene rings is 2. The Labute approximate surface area is 102 Å². The van der Waals surface area contributed by atoms with E-state index in [0.29, 0.717) is 5.56 Å². The van der Waals surface area contributed by atoms with E-state index in [1.165, 1.54) is 11.1 Å². The number of nitrogens with one attached hydrogen (secondary N) is 1. The van der Waals surface area contributed by atoms with E-state index < -0.39 is 0 Å². The van der Waals surface area contributed by atoms with Gasteiger partial charge in [0.05, 0.1) is 11.6 Å². The SMILES string of the molecule is Cc1ccc(C)c(Nc2cccc(C#N)c2)c1. The number of nitrogens with zero attached hydrogens (tertiary/aromatic N) is 1. The van der Waals surface area contributed by atoms with Gasteiger partial charge in [0.2, 0.25) is 0 Å². The minimum atomic E-state index is 0.667. The quantitative estimate of drug-likeness (QED) is 0.836. The Morgan fingerprint density at radius 3 is 2.65 bits per heavy atom. The van der Waals surface area contributed by atoms with Crippen molar-refractivity contribution in [3.05, 3.63) is 59.2 Å². The summed E-state index contributed by atoms with van der Waals surface area (Å²) in [6, 6.07) is 15.9. The predicted octanol–water partition coefficient (Wildman–Crippen LogP) is 3.92. The zero-order valence-electron chi connectivity index (χ0n) is 9.99. The molecule has 0 bridgehead atoms. The van der Waals surface area contributed by atoms with Crippen LogP contribution in [-0.2, 0) is 0 Å². The van der Waals surface area contributed by atoms with Gasteiger partial charge in [-0.15, -0.1) is 0 Å². The molecule has 0 aliphatic rings. The molecule has 0 fully saturated rings.